The van der Waals surface area contributed by atoms with Gasteiger partial charge in [-0.05, 0) is 11.1 Å². The van der Waals surface area contributed by atoms with Crippen LogP contribution in [0.4, 0.5) is 0 Å². The fourth-order valence-electron chi connectivity index (χ4n) is 3.68. The lowest BCUT2D eigenvalue weighted by molar-refractivity contribution is 0.0638. The van der Waals surface area contributed by atoms with Crippen LogP contribution in [-0.4, -0.2) is 62.4 Å². The van der Waals surface area contributed by atoms with Crippen LogP contribution in [0.1, 0.15) is 11.1 Å². The first-order valence-corrected chi connectivity index (χ1v) is 10.5. The molecule has 30 heavy (non-hydrogen) atoms. The molecule has 2 aliphatic heterocycles. The Morgan fingerprint density at radius 2 is 0.967 bits per heavy atom. The highest BCUT2D eigenvalue weighted by Crippen LogP contribution is 2.22. The minimum atomic E-state index is 0.733. The van der Waals surface area contributed by atoms with Gasteiger partial charge in [0.25, 0.3) is 0 Å². The van der Waals surface area contributed by atoms with Crippen molar-refractivity contribution < 1.29 is 9.47 Å². The fourth-order valence-corrected chi connectivity index (χ4v) is 3.68. The second kappa shape index (κ2) is 10.7. The quantitative estimate of drug-likeness (QED) is 0.680. The average Bonchev–Trinajstić information content (AvgIpc) is 2.84. The highest BCUT2D eigenvalue weighted by molar-refractivity contribution is 5.65. The summed E-state index contributed by atoms with van der Waals surface area (Å²) in [5, 5.41) is 8.86. The van der Waals surface area contributed by atoms with Gasteiger partial charge in [0.1, 0.15) is 0 Å². The molecule has 6 heteroatoms. The maximum Gasteiger partial charge on any atom is 0.0735 e. The topological polar surface area (TPSA) is 49.7 Å². The van der Waals surface area contributed by atoms with Crippen molar-refractivity contribution in [3.63, 3.8) is 0 Å². The average molecular weight is 405 g/mol. The van der Waals surface area contributed by atoms with Crippen molar-refractivity contribution >= 4 is 11.4 Å². The molecule has 0 aromatic heterocycles. The zero-order chi connectivity index (χ0) is 20.4. The van der Waals surface area contributed by atoms with E-state index in [0.717, 1.165) is 75.1 Å². The lowest BCUT2D eigenvalue weighted by Gasteiger charge is -2.31. The van der Waals surface area contributed by atoms with Gasteiger partial charge in [-0.15, -0.1) is 0 Å². The molecule has 156 valence electrons. The van der Waals surface area contributed by atoms with Gasteiger partial charge in [-0.3, -0.25) is 0 Å². The van der Waals surface area contributed by atoms with Crippen molar-refractivity contribution in [2.75, 3.05) is 52.6 Å². The van der Waals surface area contributed by atoms with Gasteiger partial charge in [0.05, 0.1) is 50.2 Å². The van der Waals surface area contributed by atoms with Crippen molar-refractivity contribution in [3.05, 3.63) is 84.2 Å². The summed E-state index contributed by atoms with van der Waals surface area (Å²) in [7, 11) is 0. The molecule has 2 aliphatic rings. The molecule has 0 N–H and O–H groups in total. The van der Waals surface area contributed by atoms with Gasteiger partial charge in [-0.2, -0.15) is 10.2 Å². The summed E-state index contributed by atoms with van der Waals surface area (Å²) < 4.78 is 11.0. The number of benzene rings is 2. The third-order valence-corrected chi connectivity index (χ3v) is 5.27. The van der Waals surface area contributed by atoms with Crippen molar-refractivity contribution in [2.45, 2.75) is 0 Å². The molecule has 6 nitrogen and oxygen atoms in total. The number of hydrogen-bond donors (Lipinski definition) is 0. The lowest BCUT2D eigenvalue weighted by Crippen LogP contribution is -2.35. The van der Waals surface area contributed by atoms with Gasteiger partial charge < -0.3 is 19.3 Å². The summed E-state index contributed by atoms with van der Waals surface area (Å²) in [5.41, 5.74) is 4.42. The summed E-state index contributed by atoms with van der Waals surface area (Å²) in [6.07, 6.45) is 3.72. The largest absolute Gasteiger partial charge is 0.378 e. The molecular weight excluding hydrogens is 376 g/mol. The molecular formula is C24H28N4O2. The number of morpholine rings is 2. The summed E-state index contributed by atoms with van der Waals surface area (Å²) in [5.74, 6) is 0. The summed E-state index contributed by atoms with van der Waals surface area (Å²) in [6, 6.07) is 20.7. The number of rotatable bonds is 6. The molecule has 2 heterocycles. The molecule has 0 aliphatic carbocycles. The SMILES string of the molecule is C(/N=N/C=C(\c1ccccc1)N1CCOCC1)=C(\c1ccccc1)N1CCOCC1. The second-order valence-electron chi connectivity index (χ2n) is 7.19. The van der Waals surface area contributed by atoms with E-state index >= 15 is 0 Å². The molecule has 2 saturated heterocycles. The number of nitrogens with zero attached hydrogens (tertiary/aromatic N) is 4. The van der Waals surface area contributed by atoms with E-state index in [9.17, 15) is 0 Å². The van der Waals surface area contributed by atoms with E-state index in [1.807, 2.05) is 48.8 Å². The molecule has 0 radical (unpaired) electrons. The van der Waals surface area contributed by atoms with Crippen LogP contribution in [0.25, 0.3) is 11.4 Å². The van der Waals surface area contributed by atoms with Crippen LogP contribution in [0, 0.1) is 0 Å². The molecule has 2 aromatic rings. The van der Waals surface area contributed by atoms with Gasteiger partial charge in [-0.1, -0.05) is 60.7 Å². The first-order valence-electron chi connectivity index (χ1n) is 10.5. The maximum atomic E-state index is 5.51. The fraction of sp³-hybridized carbons (Fsp3) is 0.333. The van der Waals surface area contributed by atoms with E-state index in [0.29, 0.717) is 0 Å². The Kier molecular flexibility index (Phi) is 7.26. The Morgan fingerprint density at radius 1 is 0.600 bits per heavy atom. The highest BCUT2D eigenvalue weighted by Gasteiger charge is 2.16. The van der Waals surface area contributed by atoms with Crippen LogP contribution in [0.2, 0.25) is 0 Å². The Hall–Kier alpha value is -2.96. The summed E-state index contributed by atoms with van der Waals surface area (Å²) >= 11 is 0. The van der Waals surface area contributed by atoms with Crippen molar-refractivity contribution in [1.82, 2.24) is 9.80 Å². The number of azo groups is 1. The van der Waals surface area contributed by atoms with Gasteiger partial charge >= 0.3 is 0 Å². The highest BCUT2D eigenvalue weighted by atomic mass is 16.5. The predicted octanol–water partition coefficient (Wildman–Crippen LogP) is 4.10. The van der Waals surface area contributed by atoms with Gasteiger partial charge in [0.15, 0.2) is 0 Å². The molecule has 0 saturated carbocycles. The van der Waals surface area contributed by atoms with Crippen LogP contribution in [0.5, 0.6) is 0 Å². The van der Waals surface area contributed by atoms with Crippen LogP contribution < -0.4 is 0 Å². The van der Waals surface area contributed by atoms with E-state index in [4.69, 9.17) is 9.47 Å². The molecule has 2 fully saturated rings. The monoisotopic (exact) mass is 404 g/mol. The van der Waals surface area contributed by atoms with E-state index in [2.05, 4.69) is 44.3 Å². The zero-order valence-corrected chi connectivity index (χ0v) is 17.2. The van der Waals surface area contributed by atoms with Crippen molar-refractivity contribution in [3.8, 4) is 0 Å². The maximum absolute atomic E-state index is 5.51. The molecule has 0 spiro atoms. The third kappa shape index (κ3) is 5.34. The molecule has 4 rings (SSSR count). The normalized spacial score (nSPS) is 18.8. The minimum Gasteiger partial charge on any atom is -0.378 e. The molecule has 0 atom stereocenters. The Bertz CT molecular complexity index is 795. The second-order valence-corrected chi connectivity index (χ2v) is 7.19. The van der Waals surface area contributed by atoms with Crippen LogP contribution in [0.15, 0.2) is 83.3 Å². The van der Waals surface area contributed by atoms with Crippen molar-refractivity contribution in [1.29, 1.82) is 0 Å². The molecule has 0 amide bonds. The van der Waals surface area contributed by atoms with Crippen molar-refractivity contribution in [2.24, 2.45) is 10.2 Å². The van der Waals surface area contributed by atoms with Gasteiger partial charge in [-0.25, -0.2) is 0 Å². The van der Waals surface area contributed by atoms with E-state index < -0.39 is 0 Å². The van der Waals surface area contributed by atoms with Crippen LogP contribution >= 0.6 is 0 Å². The first-order chi connectivity index (χ1) is 14.9. The molecule has 0 unspecified atom stereocenters. The van der Waals surface area contributed by atoms with E-state index in [1.54, 1.807) is 0 Å². The van der Waals surface area contributed by atoms with E-state index in [1.165, 1.54) is 0 Å². The lowest BCUT2D eigenvalue weighted by atomic mass is 10.1. The molecule has 0 bridgehead atoms. The smallest absolute Gasteiger partial charge is 0.0735 e. The first kappa shape index (κ1) is 20.3. The number of ether oxygens (including phenoxy) is 2. The van der Waals surface area contributed by atoms with Gasteiger partial charge in [0.2, 0.25) is 0 Å². The summed E-state index contributed by atoms with van der Waals surface area (Å²) in [4.78, 5) is 4.61. The Balaban J connectivity index is 1.59. The van der Waals surface area contributed by atoms with Crippen LogP contribution in [-0.2, 0) is 9.47 Å². The zero-order valence-electron chi connectivity index (χ0n) is 17.2. The summed E-state index contributed by atoms with van der Waals surface area (Å²) in [6.45, 7) is 6.36. The minimum absolute atomic E-state index is 0.733. The van der Waals surface area contributed by atoms with Gasteiger partial charge in [0, 0.05) is 26.2 Å². The standard InChI is InChI=1S/C24H28N4O2/c1-3-7-21(8-4-1)23(27-11-15-29-16-12-27)19-25-26-20-24(22-9-5-2-6-10-22)28-13-17-30-18-14-28/h1-10,19-20H,11-18H2/b23-19-,24-20+,26-25+. The predicted molar refractivity (Wildman–Crippen MR) is 118 cm³/mol. The third-order valence-electron chi connectivity index (χ3n) is 5.27. The van der Waals surface area contributed by atoms with Crippen LogP contribution in [0.3, 0.4) is 0 Å². The number of hydrogen-bond acceptors (Lipinski definition) is 6. The molecule has 2 aromatic carbocycles. The van der Waals surface area contributed by atoms with E-state index in [-0.39, 0.29) is 0 Å². The Labute approximate surface area is 178 Å². The Morgan fingerprint density at radius 3 is 1.33 bits per heavy atom.